The quantitative estimate of drug-likeness (QED) is 0.790. The maximum Gasteiger partial charge on any atom is 0.236 e. The molecule has 0 fully saturated rings. The number of carbonyl (C=O) groups excluding carboxylic acids is 1. The second-order valence-corrected chi connectivity index (χ2v) is 5.01. The molecule has 0 spiro atoms. The smallest absolute Gasteiger partial charge is 0.236 e. The van der Waals surface area contributed by atoms with Crippen molar-refractivity contribution in [1.29, 1.82) is 0 Å². The van der Waals surface area contributed by atoms with Crippen LogP contribution >= 0.6 is 0 Å². The van der Waals surface area contributed by atoms with Gasteiger partial charge in [0.15, 0.2) is 0 Å². The minimum atomic E-state index is -0.0745. The van der Waals surface area contributed by atoms with Gasteiger partial charge >= 0.3 is 0 Å². The van der Waals surface area contributed by atoms with Crippen LogP contribution in [0.15, 0.2) is 22.8 Å². The third-order valence-corrected chi connectivity index (χ3v) is 3.69. The Kier molecular flexibility index (Phi) is 6.75. The van der Waals surface area contributed by atoms with Crippen molar-refractivity contribution in [2.75, 3.05) is 26.7 Å². The zero-order valence-electron chi connectivity index (χ0n) is 13.0. The fourth-order valence-electron chi connectivity index (χ4n) is 2.43. The predicted octanol–water partition coefficient (Wildman–Crippen LogP) is 1.86. The number of likely N-dealkylation sites (N-methyl/N-ethyl adjacent to an activating group) is 2. The average molecular weight is 281 g/mol. The number of nitrogens with zero attached hydrogens (tertiary/aromatic N) is 2. The molecule has 0 saturated carbocycles. The maximum atomic E-state index is 12.2. The number of hydrogen-bond acceptors (Lipinski definition) is 4. The van der Waals surface area contributed by atoms with Gasteiger partial charge in [-0.1, -0.05) is 6.92 Å². The summed E-state index contributed by atoms with van der Waals surface area (Å²) in [6, 6.07) is 3.63. The molecule has 0 aliphatic rings. The standard InChI is InChI=1S/C15H27N3O2/c1-5-12(16)15(13-9-8-10-20-13)17(4)11-14(19)18(6-2)7-3/h8-10,12,15H,5-7,11,16H2,1-4H3. The number of amides is 1. The summed E-state index contributed by atoms with van der Waals surface area (Å²) in [7, 11) is 1.92. The minimum Gasteiger partial charge on any atom is -0.468 e. The Morgan fingerprint density at radius 3 is 2.45 bits per heavy atom. The van der Waals surface area contributed by atoms with E-state index in [1.807, 2.05) is 49.8 Å². The van der Waals surface area contributed by atoms with Gasteiger partial charge in [0.2, 0.25) is 5.91 Å². The molecule has 0 aliphatic heterocycles. The summed E-state index contributed by atoms with van der Waals surface area (Å²) in [6.07, 6.45) is 2.47. The first-order valence-electron chi connectivity index (χ1n) is 7.32. The highest BCUT2D eigenvalue weighted by Gasteiger charge is 2.27. The van der Waals surface area contributed by atoms with Crippen LogP contribution in [-0.2, 0) is 4.79 Å². The van der Waals surface area contributed by atoms with Gasteiger partial charge in [-0.15, -0.1) is 0 Å². The van der Waals surface area contributed by atoms with E-state index in [0.29, 0.717) is 6.54 Å². The highest BCUT2D eigenvalue weighted by molar-refractivity contribution is 5.78. The molecule has 0 aromatic carbocycles. The third-order valence-electron chi connectivity index (χ3n) is 3.69. The van der Waals surface area contributed by atoms with Gasteiger partial charge in [0.1, 0.15) is 5.76 Å². The topological polar surface area (TPSA) is 62.7 Å². The first-order valence-corrected chi connectivity index (χ1v) is 7.32. The molecule has 1 heterocycles. The zero-order valence-corrected chi connectivity index (χ0v) is 13.0. The van der Waals surface area contributed by atoms with Gasteiger partial charge < -0.3 is 15.1 Å². The Morgan fingerprint density at radius 1 is 1.35 bits per heavy atom. The molecule has 2 N–H and O–H groups in total. The predicted molar refractivity (Wildman–Crippen MR) is 80.3 cm³/mol. The van der Waals surface area contributed by atoms with Crippen molar-refractivity contribution < 1.29 is 9.21 Å². The zero-order chi connectivity index (χ0) is 15.1. The number of carbonyl (C=O) groups is 1. The van der Waals surface area contributed by atoms with Gasteiger partial charge in [-0.2, -0.15) is 0 Å². The van der Waals surface area contributed by atoms with E-state index in [9.17, 15) is 4.79 Å². The fourth-order valence-corrected chi connectivity index (χ4v) is 2.43. The van der Waals surface area contributed by atoms with E-state index >= 15 is 0 Å². The van der Waals surface area contributed by atoms with E-state index in [2.05, 4.69) is 0 Å². The lowest BCUT2D eigenvalue weighted by Crippen LogP contribution is -2.44. The maximum absolute atomic E-state index is 12.2. The van der Waals surface area contributed by atoms with Crippen LogP contribution in [0, 0.1) is 0 Å². The molecule has 20 heavy (non-hydrogen) atoms. The summed E-state index contributed by atoms with van der Waals surface area (Å²) in [5, 5.41) is 0. The summed E-state index contributed by atoms with van der Waals surface area (Å²) in [4.78, 5) is 16.0. The molecule has 1 amide bonds. The lowest BCUT2D eigenvalue weighted by molar-refractivity contribution is -0.132. The van der Waals surface area contributed by atoms with Crippen molar-refractivity contribution in [2.24, 2.45) is 5.73 Å². The monoisotopic (exact) mass is 281 g/mol. The Hall–Kier alpha value is -1.33. The number of nitrogens with two attached hydrogens (primary N) is 1. The van der Waals surface area contributed by atoms with Crippen LogP contribution in [0.4, 0.5) is 0 Å². The Bertz CT molecular complexity index is 388. The van der Waals surface area contributed by atoms with Crippen molar-refractivity contribution >= 4 is 5.91 Å². The van der Waals surface area contributed by atoms with E-state index < -0.39 is 0 Å². The van der Waals surface area contributed by atoms with Crippen molar-refractivity contribution in [3.63, 3.8) is 0 Å². The molecule has 0 saturated heterocycles. The third kappa shape index (κ3) is 4.08. The van der Waals surface area contributed by atoms with E-state index in [0.717, 1.165) is 25.3 Å². The normalized spacial score (nSPS) is 14.3. The Labute approximate surface area is 121 Å². The molecular formula is C15H27N3O2. The van der Waals surface area contributed by atoms with Crippen LogP contribution in [0.2, 0.25) is 0 Å². The molecule has 1 rings (SSSR count). The van der Waals surface area contributed by atoms with Gasteiger partial charge in [-0.25, -0.2) is 0 Å². The van der Waals surface area contributed by atoms with Crippen molar-refractivity contribution in [2.45, 2.75) is 39.3 Å². The van der Waals surface area contributed by atoms with Gasteiger partial charge in [-0.05, 0) is 39.4 Å². The molecule has 0 aliphatic carbocycles. The van der Waals surface area contributed by atoms with Crippen LogP contribution in [0.25, 0.3) is 0 Å². The summed E-state index contributed by atoms with van der Waals surface area (Å²) >= 11 is 0. The largest absolute Gasteiger partial charge is 0.468 e. The summed E-state index contributed by atoms with van der Waals surface area (Å²) in [5.74, 6) is 0.937. The molecule has 5 nitrogen and oxygen atoms in total. The first kappa shape index (κ1) is 16.7. The SMILES string of the molecule is CCC(N)C(c1ccco1)N(C)CC(=O)N(CC)CC. The highest BCUT2D eigenvalue weighted by atomic mass is 16.3. The van der Waals surface area contributed by atoms with Crippen LogP contribution < -0.4 is 5.73 Å². The molecule has 5 heteroatoms. The van der Waals surface area contributed by atoms with Gasteiger partial charge in [0.05, 0.1) is 18.8 Å². The summed E-state index contributed by atoms with van der Waals surface area (Å²) in [5.41, 5.74) is 6.20. The highest BCUT2D eigenvalue weighted by Crippen LogP contribution is 2.24. The van der Waals surface area contributed by atoms with Crippen LogP contribution in [0.5, 0.6) is 0 Å². The second kappa shape index (κ2) is 8.07. The van der Waals surface area contributed by atoms with E-state index in [4.69, 9.17) is 10.2 Å². The van der Waals surface area contributed by atoms with E-state index in [1.165, 1.54) is 0 Å². The minimum absolute atomic E-state index is 0.0596. The number of hydrogen-bond donors (Lipinski definition) is 1. The molecule has 0 bridgehead atoms. The van der Waals surface area contributed by atoms with Crippen molar-refractivity contribution in [3.05, 3.63) is 24.2 Å². The molecular weight excluding hydrogens is 254 g/mol. The second-order valence-electron chi connectivity index (χ2n) is 5.01. The van der Waals surface area contributed by atoms with Crippen molar-refractivity contribution in [1.82, 2.24) is 9.80 Å². The first-order chi connectivity index (χ1) is 9.54. The molecule has 1 aromatic rings. The Morgan fingerprint density at radius 2 is 2.00 bits per heavy atom. The number of rotatable bonds is 8. The Balaban J connectivity index is 2.79. The fraction of sp³-hybridized carbons (Fsp3) is 0.667. The molecule has 2 atom stereocenters. The molecule has 1 aromatic heterocycles. The summed E-state index contributed by atoms with van der Waals surface area (Å²) < 4.78 is 5.49. The van der Waals surface area contributed by atoms with Gasteiger partial charge in [0, 0.05) is 19.1 Å². The van der Waals surface area contributed by atoms with Gasteiger partial charge in [0.25, 0.3) is 0 Å². The van der Waals surface area contributed by atoms with E-state index in [1.54, 1.807) is 6.26 Å². The molecule has 2 unspecified atom stereocenters. The van der Waals surface area contributed by atoms with Crippen molar-refractivity contribution in [3.8, 4) is 0 Å². The van der Waals surface area contributed by atoms with Gasteiger partial charge in [-0.3, -0.25) is 9.69 Å². The summed E-state index contributed by atoms with van der Waals surface area (Å²) in [6.45, 7) is 7.83. The van der Waals surface area contributed by atoms with Crippen LogP contribution in [0.1, 0.15) is 39.0 Å². The average Bonchev–Trinajstić information content (AvgIpc) is 2.93. The molecule has 114 valence electrons. The van der Waals surface area contributed by atoms with E-state index in [-0.39, 0.29) is 18.0 Å². The number of furan rings is 1. The van der Waals surface area contributed by atoms with Crippen LogP contribution in [0.3, 0.4) is 0 Å². The molecule has 0 radical (unpaired) electrons. The van der Waals surface area contributed by atoms with Crippen LogP contribution in [-0.4, -0.2) is 48.4 Å². The lowest BCUT2D eigenvalue weighted by Gasteiger charge is -2.31. The lowest BCUT2D eigenvalue weighted by atomic mass is 10.0.